The Bertz CT molecular complexity index is 589. The quantitative estimate of drug-likeness (QED) is 0.885. The van der Waals surface area contributed by atoms with Crippen LogP contribution in [0.25, 0.3) is 11.1 Å². The van der Waals surface area contributed by atoms with Crippen molar-refractivity contribution in [2.24, 2.45) is 11.7 Å². The summed E-state index contributed by atoms with van der Waals surface area (Å²) in [6.45, 7) is 5.81. The number of rotatable bonds is 4. The Balaban J connectivity index is 2.19. The summed E-state index contributed by atoms with van der Waals surface area (Å²) in [6, 6.07) is 4.87. The van der Waals surface area contributed by atoms with E-state index in [2.05, 4.69) is 10.3 Å². The van der Waals surface area contributed by atoms with Crippen LogP contribution in [0.5, 0.6) is 0 Å². The number of carbonyl (C=O) groups excluding carboxylic acids is 1. The highest BCUT2D eigenvalue weighted by molar-refractivity contribution is 5.96. The topological polar surface area (TPSA) is 81.2 Å². The maximum absolute atomic E-state index is 11.9. The third kappa shape index (κ3) is 2.93. The molecule has 5 nitrogen and oxygen atoms in total. The molecule has 0 fully saturated rings. The first kappa shape index (κ1) is 13.5. The number of aromatic nitrogens is 1. The Morgan fingerprint density at radius 1 is 1.47 bits per heavy atom. The van der Waals surface area contributed by atoms with E-state index in [-0.39, 0.29) is 11.8 Å². The Morgan fingerprint density at radius 2 is 2.21 bits per heavy atom. The van der Waals surface area contributed by atoms with E-state index in [4.69, 9.17) is 10.2 Å². The van der Waals surface area contributed by atoms with Crippen molar-refractivity contribution >= 4 is 22.7 Å². The highest BCUT2D eigenvalue weighted by Gasteiger charge is 2.17. The van der Waals surface area contributed by atoms with Crippen molar-refractivity contribution in [1.29, 1.82) is 0 Å². The molecule has 1 atom stereocenters. The van der Waals surface area contributed by atoms with Gasteiger partial charge in [-0.2, -0.15) is 0 Å². The molecule has 0 saturated carbocycles. The summed E-state index contributed by atoms with van der Waals surface area (Å²) in [7, 11) is 0. The highest BCUT2D eigenvalue weighted by atomic mass is 16.3. The molecule has 102 valence electrons. The minimum atomic E-state index is -0.515. The average molecular weight is 261 g/mol. The molecular weight excluding hydrogens is 242 g/mol. The summed E-state index contributed by atoms with van der Waals surface area (Å²) in [5, 5.41) is 2.80. The number of fused-ring (bicyclic) bond motifs is 1. The van der Waals surface area contributed by atoms with Crippen LogP contribution in [-0.4, -0.2) is 16.9 Å². The monoisotopic (exact) mass is 261 g/mol. The second-order valence-corrected chi connectivity index (χ2v) is 4.90. The molecule has 0 radical (unpaired) electrons. The van der Waals surface area contributed by atoms with Crippen LogP contribution in [0.3, 0.4) is 0 Å². The van der Waals surface area contributed by atoms with Gasteiger partial charge in [0, 0.05) is 12.1 Å². The lowest BCUT2D eigenvalue weighted by Crippen LogP contribution is -2.39. The zero-order valence-corrected chi connectivity index (χ0v) is 11.4. The molecule has 2 aromatic rings. The number of nitrogens with two attached hydrogens (primary N) is 1. The molecule has 0 unspecified atom stereocenters. The van der Waals surface area contributed by atoms with Gasteiger partial charge in [-0.3, -0.25) is 4.79 Å². The summed E-state index contributed by atoms with van der Waals surface area (Å²) in [5.74, 6) is 0.605. The van der Waals surface area contributed by atoms with Crippen molar-refractivity contribution in [3.05, 3.63) is 24.1 Å². The number of aryl methyl sites for hydroxylation is 1. The first-order valence-corrected chi connectivity index (χ1v) is 6.47. The Kier molecular flexibility index (Phi) is 3.85. The summed E-state index contributed by atoms with van der Waals surface area (Å²) < 4.78 is 5.51. The van der Waals surface area contributed by atoms with E-state index in [1.54, 1.807) is 18.2 Å². The van der Waals surface area contributed by atoms with E-state index in [0.29, 0.717) is 11.6 Å². The van der Waals surface area contributed by atoms with Gasteiger partial charge < -0.3 is 15.5 Å². The maximum atomic E-state index is 11.9. The van der Waals surface area contributed by atoms with Crippen LogP contribution in [0.15, 0.2) is 22.6 Å². The van der Waals surface area contributed by atoms with Crippen LogP contribution >= 0.6 is 0 Å². The van der Waals surface area contributed by atoms with Crippen molar-refractivity contribution < 1.29 is 9.21 Å². The third-order valence-electron chi connectivity index (χ3n) is 3.02. The minimum Gasteiger partial charge on any atom is -0.441 e. The number of hydrogen-bond acceptors (Lipinski definition) is 4. The minimum absolute atomic E-state index is 0.0995. The van der Waals surface area contributed by atoms with Gasteiger partial charge in [0.05, 0.1) is 6.04 Å². The number of nitrogens with zero attached hydrogens (tertiary/aromatic N) is 1. The Labute approximate surface area is 112 Å². The molecule has 1 aromatic heterocycles. The first-order chi connectivity index (χ1) is 9.01. The molecule has 5 heteroatoms. The number of benzene rings is 1. The number of anilines is 1. The molecule has 1 aromatic carbocycles. The molecule has 0 saturated heterocycles. The van der Waals surface area contributed by atoms with Crippen LogP contribution in [0.4, 0.5) is 5.69 Å². The third-order valence-corrected chi connectivity index (χ3v) is 3.02. The fraction of sp³-hybridized carbons (Fsp3) is 0.429. The van der Waals surface area contributed by atoms with E-state index >= 15 is 0 Å². The van der Waals surface area contributed by atoms with Gasteiger partial charge in [-0.15, -0.1) is 0 Å². The van der Waals surface area contributed by atoms with Crippen molar-refractivity contribution in [2.45, 2.75) is 33.2 Å². The van der Waals surface area contributed by atoms with Gasteiger partial charge in [-0.25, -0.2) is 4.98 Å². The summed E-state index contributed by atoms with van der Waals surface area (Å²) >= 11 is 0. The number of oxazole rings is 1. The predicted molar refractivity (Wildman–Crippen MR) is 74.8 cm³/mol. The van der Waals surface area contributed by atoms with E-state index in [0.717, 1.165) is 17.5 Å². The summed E-state index contributed by atoms with van der Waals surface area (Å²) in [6.07, 6.45) is 0.745. The molecule has 0 aliphatic rings. The van der Waals surface area contributed by atoms with Crippen molar-refractivity contribution in [2.75, 3.05) is 5.32 Å². The summed E-state index contributed by atoms with van der Waals surface area (Å²) in [5.41, 5.74) is 7.95. The van der Waals surface area contributed by atoms with Gasteiger partial charge in [0.25, 0.3) is 0 Å². The van der Waals surface area contributed by atoms with E-state index in [1.165, 1.54) is 0 Å². The van der Waals surface area contributed by atoms with Crippen molar-refractivity contribution in [1.82, 2.24) is 4.98 Å². The number of nitrogens with one attached hydrogen (secondary N) is 1. The zero-order valence-electron chi connectivity index (χ0n) is 11.4. The average Bonchev–Trinajstić information content (AvgIpc) is 2.79. The van der Waals surface area contributed by atoms with Crippen molar-refractivity contribution in [3.8, 4) is 0 Å². The SMILES string of the molecule is CCc1nc2cc(NC(=O)[C@H](N)C(C)C)ccc2o1. The van der Waals surface area contributed by atoms with E-state index in [9.17, 15) is 4.79 Å². The zero-order chi connectivity index (χ0) is 14.0. The highest BCUT2D eigenvalue weighted by Crippen LogP contribution is 2.20. The van der Waals surface area contributed by atoms with Gasteiger partial charge in [-0.05, 0) is 24.1 Å². The first-order valence-electron chi connectivity index (χ1n) is 6.47. The van der Waals surface area contributed by atoms with Gasteiger partial charge in [-0.1, -0.05) is 20.8 Å². The molecule has 1 heterocycles. The van der Waals surface area contributed by atoms with Gasteiger partial charge in [0.1, 0.15) is 5.52 Å². The standard InChI is InChI=1S/C14H19N3O2/c1-4-12-17-10-7-9(5-6-11(10)19-12)16-14(18)13(15)8(2)3/h5-8,13H,4,15H2,1-3H3,(H,16,18)/t13-/m1/s1. The molecule has 2 rings (SSSR count). The van der Waals surface area contributed by atoms with Gasteiger partial charge in [0.15, 0.2) is 11.5 Å². The Hall–Kier alpha value is -1.88. The fourth-order valence-corrected chi connectivity index (χ4v) is 1.73. The summed E-state index contributed by atoms with van der Waals surface area (Å²) in [4.78, 5) is 16.2. The van der Waals surface area contributed by atoms with Crippen LogP contribution in [-0.2, 0) is 11.2 Å². The largest absolute Gasteiger partial charge is 0.441 e. The number of hydrogen-bond donors (Lipinski definition) is 2. The van der Waals surface area contributed by atoms with Crippen LogP contribution in [0.1, 0.15) is 26.7 Å². The van der Waals surface area contributed by atoms with Crippen LogP contribution in [0, 0.1) is 5.92 Å². The molecule has 19 heavy (non-hydrogen) atoms. The van der Waals surface area contributed by atoms with E-state index < -0.39 is 6.04 Å². The van der Waals surface area contributed by atoms with E-state index in [1.807, 2.05) is 20.8 Å². The molecule has 0 bridgehead atoms. The number of carbonyl (C=O) groups is 1. The van der Waals surface area contributed by atoms with Crippen LogP contribution < -0.4 is 11.1 Å². The lowest BCUT2D eigenvalue weighted by atomic mass is 10.0. The maximum Gasteiger partial charge on any atom is 0.241 e. The molecular formula is C14H19N3O2. The predicted octanol–water partition coefficient (Wildman–Crippen LogP) is 2.31. The normalized spacial score (nSPS) is 12.9. The molecule has 0 spiro atoms. The number of amides is 1. The molecule has 0 aliphatic carbocycles. The molecule has 0 aliphatic heterocycles. The molecule has 1 amide bonds. The fourth-order valence-electron chi connectivity index (χ4n) is 1.73. The molecule has 3 N–H and O–H groups in total. The van der Waals surface area contributed by atoms with Gasteiger partial charge >= 0.3 is 0 Å². The van der Waals surface area contributed by atoms with Gasteiger partial charge in [0.2, 0.25) is 5.91 Å². The lowest BCUT2D eigenvalue weighted by molar-refractivity contribution is -0.118. The van der Waals surface area contributed by atoms with Crippen LogP contribution in [0.2, 0.25) is 0 Å². The lowest BCUT2D eigenvalue weighted by Gasteiger charge is -2.15. The smallest absolute Gasteiger partial charge is 0.241 e. The second-order valence-electron chi connectivity index (χ2n) is 4.90. The van der Waals surface area contributed by atoms with Crippen molar-refractivity contribution in [3.63, 3.8) is 0 Å². The second kappa shape index (κ2) is 5.40. The Morgan fingerprint density at radius 3 is 2.84 bits per heavy atom.